The minimum atomic E-state index is -0.316. The summed E-state index contributed by atoms with van der Waals surface area (Å²) in [6, 6.07) is 10.2. The first-order valence-corrected chi connectivity index (χ1v) is 6.72. The molecular weight excluding hydrogens is 277 g/mol. The van der Waals surface area contributed by atoms with Crippen LogP contribution in [0.5, 0.6) is 5.75 Å². The number of rotatable bonds is 4. The van der Waals surface area contributed by atoms with Gasteiger partial charge in [-0.1, -0.05) is 29.8 Å². The average Bonchev–Trinajstić information content (AvgIpc) is 2.45. The Morgan fingerprint density at radius 3 is 2.60 bits per heavy atom. The van der Waals surface area contributed by atoms with Crippen molar-refractivity contribution in [2.75, 3.05) is 14.2 Å². The molecule has 0 aliphatic carbocycles. The molecule has 0 saturated heterocycles. The van der Waals surface area contributed by atoms with Crippen LogP contribution in [0.25, 0.3) is 0 Å². The fraction of sp³-hybridized carbons (Fsp3) is 0.250. The van der Waals surface area contributed by atoms with Crippen LogP contribution in [0.4, 0.5) is 4.39 Å². The van der Waals surface area contributed by atoms with E-state index in [2.05, 4.69) is 5.32 Å². The van der Waals surface area contributed by atoms with Gasteiger partial charge in [0.25, 0.3) is 0 Å². The van der Waals surface area contributed by atoms with Crippen LogP contribution in [0, 0.1) is 12.7 Å². The van der Waals surface area contributed by atoms with Crippen molar-refractivity contribution in [1.82, 2.24) is 5.32 Å². The summed E-state index contributed by atoms with van der Waals surface area (Å²) in [5, 5.41) is 3.78. The van der Waals surface area contributed by atoms with E-state index in [0.29, 0.717) is 16.3 Å². The molecule has 0 amide bonds. The molecule has 0 radical (unpaired) electrons. The Balaban J connectivity index is 2.55. The molecule has 2 aromatic carbocycles. The molecule has 0 heterocycles. The van der Waals surface area contributed by atoms with Crippen LogP contribution in [-0.2, 0) is 0 Å². The molecule has 20 heavy (non-hydrogen) atoms. The number of nitrogens with one attached hydrogen (secondary N) is 1. The van der Waals surface area contributed by atoms with Crippen LogP contribution >= 0.6 is 11.6 Å². The van der Waals surface area contributed by atoms with Crippen molar-refractivity contribution in [2.45, 2.75) is 13.0 Å². The predicted molar refractivity (Wildman–Crippen MR) is 80.0 cm³/mol. The van der Waals surface area contributed by atoms with Crippen LogP contribution in [0.2, 0.25) is 5.02 Å². The Morgan fingerprint density at radius 1 is 1.25 bits per heavy atom. The van der Waals surface area contributed by atoms with Crippen molar-refractivity contribution in [3.05, 3.63) is 63.9 Å². The molecule has 0 bridgehead atoms. The molecule has 106 valence electrons. The van der Waals surface area contributed by atoms with Gasteiger partial charge in [-0.05, 0) is 43.3 Å². The molecule has 1 atom stereocenters. The van der Waals surface area contributed by atoms with Gasteiger partial charge in [-0.25, -0.2) is 4.39 Å². The van der Waals surface area contributed by atoms with E-state index in [1.807, 2.05) is 25.1 Å². The first kappa shape index (κ1) is 14.8. The Bertz CT molecular complexity index is 615. The van der Waals surface area contributed by atoms with E-state index in [1.165, 1.54) is 13.2 Å². The number of hydrogen-bond acceptors (Lipinski definition) is 2. The SMILES string of the molecule is CNC(c1ccc(C)c(Cl)c1)c1c(F)cccc1OC. The van der Waals surface area contributed by atoms with Gasteiger partial charge in [-0.15, -0.1) is 0 Å². The Morgan fingerprint density at radius 2 is 2.00 bits per heavy atom. The quantitative estimate of drug-likeness (QED) is 0.916. The highest BCUT2D eigenvalue weighted by atomic mass is 35.5. The molecule has 0 spiro atoms. The van der Waals surface area contributed by atoms with Gasteiger partial charge in [0.05, 0.1) is 18.7 Å². The van der Waals surface area contributed by atoms with E-state index in [9.17, 15) is 4.39 Å². The molecule has 2 nitrogen and oxygen atoms in total. The number of hydrogen-bond donors (Lipinski definition) is 1. The van der Waals surface area contributed by atoms with E-state index in [1.54, 1.807) is 19.2 Å². The second-order valence-electron chi connectivity index (χ2n) is 4.59. The standard InChI is InChI=1S/C16H17ClFNO/c1-10-7-8-11(9-12(10)17)16(19-2)15-13(18)5-4-6-14(15)20-3/h4-9,16,19H,1-3H3. The van der Waals surface area contributed by atoms with Crippen molar-refractivity contribution in [2.24, 2.45) is 0 Å². The minimum Gasteiger partial charge on any atom is -0.496 e. The second-order valence-corrected chi connectivity index (χ2v) is 4.99. The van der Waals surface area contributed by atoms with Gasteiger partial charge >= 0.3 is 0 Å². The lowest BCUT2D eigenvalue weighted by Gasteiger charge is -2.21. The Hall–Kier alpha value is -1.58. The molecular formula is C16H17ClFNO. The maximum atomic E-state index is 14.2. The zero-order valence-electron chi connectivity index (χ0n) is 11.7. The molecule has 4 heteroatoms. The van der Waals surface area contributed by atoms with Crippen LogP contribution < -0.4 is 10.1 Å². The highest BCUT2D eigenvalue weighted by molar-refractivity contribution is 6.31. The third kappa shape index (κ3) is 2.79. The summed E-state index contributed by atoms with van der Waals surface area (Å²) in [6.45, 7) is 1.93. The highest BCUT2D eigenvalue weighted by Crippen LogP contribution is 2.33. The van der Waals surface area contributed by atoms with Crippen LogP contribution in [0.3, 0.4) is 0 Å². The molecule has 2 rings (SSSR count). The molecule has 0 fully saturated rings. The van der Waals surface area contributed by atoms with Gasteiger partial charge in [-0.2, -0.15) is 0 Å². The third-order valence-electron chi connectivity index (χ3n) is 3.34. The molecule has 0 aromatic heterocycles. The number of ether oxygens (including phenoxy) is 1. The fourth-order valence-electron chi connectivity index (χ4n) is 2.24. The van der Waals surface area contributed by atoms with Gasteiger partial charge in [0.2, 0.25) is 0 Å². The molecule has 2 aromatic rings. The fourth-order valence-corrected chi connectivity index (χ4v) is 2.43. The maximum Gasteiger partial charge on any atom is 0.132 e. The minimum absolute atomic E-state index is 0.305. The molecule has 0 aliphatic rings. The summed E-state index contributed by atoms with van der Waals surface area (Å²) in [5.74, 6) is 0.210. The van der Waals surface area contributed by atoms with Gasteiger partial charge < -0.3 is 10.1 Å². The van der Waals surface area contributed by atoms with Gasteiger partial charge in [0.1, 0.15) is 11.6 Å². The summed E-state index contributed by atoms with van der Waals surface area (Å²) in [7, 11) is 3.32. The molecule has 1 unspecified atom stereocenters. The smallest absolute Gasteiger partial charge is 0.132 e. The van der Waals surface area contributed by atoms with E-state index in [4.69, 9.17) is 16.3 Å². The van der Waals surface area contributed by atoms with Gasteiger partial charge in [0, 0.05) is 5.02 Å². The number of methoxy groups -OCH3 is 1. The first-order valence-electron chi connectivity index (χ1n) is 6.34. The molecule has 0 aliphatic heterocycles. The summed E-state index contributed by atoms with van der Waals surface area (Å²) in [6.07, 6.45) is 0. The second kappa shape index (κ2) is 6.25. The largest absolute Gasteiger partial charge is 0.496 e. The van der Waals surface area contributed by atoms with Crippen molar-refractivity contribution in [3.63, 3.8) is 0 Å². The lowest BCUT2D eigenvalue weighted by molar-refractivity contribution is 0.398. The van der Waals surface area contributed by atoms with Crippen LogP contribution in [0.1, 0.15) is 22.7 Å². The first-order chi connectivity index (χ1) is 9.58. The topological polar surface area (TPSA) is 21.3 Å². The predicted octanol–water partition coefficient (Wildman–Crippen LogP) is 4.10. The third-order valence-corrected chi connectivity index (χ3v) is 3.75. The lowest BCUT2D eigenvalue weighted by Crippen LogP contribution is -2.20. The van der Waals surface area contributed by atoms with Crippen molar-refractivity contribution >= 4 is 11.6 Å². The van der Waals surface area contributed by atoms with E-state index in [-0.39, 0.29) is 11.9 Å². The van der Waals surface area contributed by atoms with Crippen LogP contribution in [0.15, 0.2) is 36.4 Å². The summed E-state index contributed by atoms with van der Waals surface area (Å²) < 4.78 is 19.5. The Labute approximate surface area is 123 Å². The average molecular weight is 294 g/mol. The van der Waals surface area contributed by atoms with E-state index in [0.717, 1.165) is 11.1 Å². The number of aryl methyl sites for hydroxylation is 1. The van der Waals surface area contributed by atoms with Gasteiger partial charge in [0.15, 0.2) is 0 Å². The van der Waals surface area contributed by atoms with Crippen LogP contribution in [-0.4, -0.2) is 14.2 Å². The van der Waals surface area contributed by atoms with Crippen molar-refractivity contribution in [1.29, 1.82) is 0 Å². The number of benzene rings is 2. The zero-order chi connectivity index (χ0) is 14.7. The lowest BCUT2D eigenvalue weighted by atomic mass is 9.96. The zero-order valence-corrected chi connectivity index (χ0v) is 12.5. The van der Waals surface area contributed by atoms with E-state index < -0.39 is 0 Å². The summed E-state index contributed by atoms with van der Waals surface area (Å²) >= 11 is 6.16. The van der Waals surface area contributed by atoms with E-state index >= 15 is 0 Å². The molecule has 0 saturated carbocycles. The number of halogens is 2. The normalized spacial score (nSPS) is 12.2. The highest BCUT2D eigenvalue weighted by Gasteiger charge is 2.21. The maximum absolute atomic E-state index is 14.2. The van der Waals surface area contributed by atoms with Crippen molar-refractivity contribution < 1.29 is 9.13 Å². The van der Waals surface area contributed by atoms with Crippen molar-refractivity contribution in [3.8, 4) is 5.75 Å². The summed E-state index contributed by atoms with van der Waals surface area (Å²) in [5.41, 5.74) is 2.37. The summed E-state index contributed by atoms with van der Waals surface area (Å²) in [4.78, 5) is 0. The Kier molecular flexibility index (Phi) is 4.63. The molecule has 1 N–H and O–H groups in total. The monoisotopic (exact) mass is 293 g/mol. The van der Waals surface area contributed by atoms with Gasteiger partial charge in [-0.3, -0.25) is 0 Å².